The molecule has 2 aromatic rings. The number of aromatic nitrogens is 2. The molecule has 0 bridgehead atoms. The molecule has 0 radical (unpaired) electrons. The van der Waals surface area contributed by atoms with Gasteiger partial charge in [-0.2, -0.15) is 4.31 Å². The Morgan fingerprint density at radius 1 is 1.26 bits per heavy atom. The van der Waals surface area contributed by atoms with E-state index < -0.39 is 10.0 Å². The number of aryl methyl sites for hydroxylation is 1. The fraction of sp³-hybridized carbons (Fsp3) is 0.308. The Morgan fingerprint density at radius 2 is 2.11 bits per heavy atom. The van der Waals surface area contributed by atoms with Gasteiger partial charge in [0.25, 0.3) is 0 Å². The second-order valence-electron chi connectivity index (χ2n) is 4.69. The monoisotopic (exact) mass is 277 g/mol. The van der Waals surface area contributed by atoms with E-state index in [0.717, 1.165) is 11.4 Å². The summed E-state index contributed by atoms with van der Waals surface area (Å²) in [6.45, 7) is 3.37. The molecule has 1 aromatic carbocycles. The first-order valence-corrected chi connectivity index (χ1v) is 7.58. The van der Waals surface area contributed by atoms with Crippen LogP contribution in [-0.4, -0.2) is 28.8 Å². The zero-order chi connectivity index (χ0) is 13.5. The lowest BCUT2D eigenvalue weighted by molar-refractivity contribution is 0.335. The van der Waals surface area contributed by atoms with Crippen molar-refractivity contribution in [3.63, 3.8) is 0 Å². The van der Waals surface area contributed by atoms with Crippen molar-refractivity contribution in [3.05, 3.63) is 48.0 Å². The molecular formula is C13H15N3O2S. The largest absolute Gasteiger partial charge is 0.333 e. The van der Waals surface area contributed by atoms with Gasteiger partial charge in [-0.15, -0.1) is 0 Å². The van der Waals surface area contributed by atoms with Gasteiger partial charge in [0.1, 0.15) is 5.82 Å². The fourth-order valence-corrected chi connectivity index (χ4v) is 3.77. The zero-order valence-corrected chi connectivity index (χ0v) is 11.5. The predicted octanol–water partition coefficient (Wildman–Crippen LogP) is 1.40. The molecule has 19 heavy (non-hydrogen) atoms. The minimum Gasteiger partial charge on any atom is -0.333 e. The van der Waals surface area contributed by atoms with Crippen molar-refractivity contribution in [1.29, 1.82) is 0 Å². The summed E-state index contributed by atoms with van der Waals surface area (Å²) in [5, 5.41) is 0. The molecule has 0 saturated carbocycles. The second kappa shape index (κ2) is 4.47. The summed E-state index contributed by atoms with van der Waals surface area (Å²) in [6.07, 6.45) is 3.59. The van der Waals surface area contributed by atoms with E-state index in [2.05, 4.69) is 4.98 Å². The lowest BCUT2D eigenvalue weighted by Crippen LogP contribution is -2.38. The maximum absolute atomic E-state index is 12.6. The van der Waals surface area contributed by atoms with Crippen molar-refractivity contribution < 1.29 is 8.42 Å². The van der Waals surface area contributed by atoms with Gasteiger partial charge >= 0.3 is 0 Å². The summed E-state index contributed by atoms with van der Waals surface area (Å²) in [5.41, 5.74) is 0.944. The quantitative estimate of drug-likeness (QED) is 0.833. The molecule has 0 saturated heterocycles. The van der Waals surface area contributed by atoms with Crippen molar-refractivity contribution in [1.82, 2.24) is 13.9 Å². The van der Waals surface area contributed by atoms with Gasteiger partial charge in [0.2, 0.25) is 10.0 Å². The number of rotatable bonds is 2. The highest BCUT2D eigenvalue weighted by atomic mass is 32.2. The number of fused-ring (bicyclic) bond motifs is 1. The predicted molar refractivity (Wildman–Crippen MR) is 71.0 cm³/mol. The van der Waals surface area contributed by atoms with Crippen LogP contribution >= 0.6 is 0 Å². The van der Waals surface area contributed by atoms with Gasteiger partial charge in [0.15, 0.2) is 0 Å². The highest BCUT2D eigenvalue weighted by Gasteiger charge is 2.28. The molecule has 0 atom stereocenters. The van der Waals surface area contributed by atoms with Gasteiger partial charge in [0, 0.05) is 25.5 Å². The molecular weight excluding hydrogens is 262 g/mol. The van der Waals surface area contributed by atoms with Crippen molar-refractivity contribution in [2.45, 2.75) is 24.9 Å². The third kappa shape index (κ3) is 2.17. The van der Waals surface area contributed by atoms with Crippen molar-refractivity contribution in [2.24, 2.45) is 0 Å². The van der Waals surface area contributed by atoms with Gasteiger partial charge in [0.05, 0.1) is 11.4 Å². The highest BCUT2D eigenvalue weighted by Crippen LogP contribution is 2.21. The number of imidazole rings is 1. The van der Waals surface area contributed by atoms with Crippen LogP contribution in [0.15, 0.2) is 41.6 Å². The summed E-state index contributed by atoms with van der Waals surface area (Å²) < 4.78 is 28.6. The summed E-state index contributed by atoms with van der Waals surface area (Å²) in [7, 11) is -3.43. The van der Waals surface area contributed by atoms with Gasteiger partial charge < -0.3 is 4.57 Å². The van der Waals surface area contributed by atoms with Crippen LogP contribution in [0.5, 0.6) is 0 Å². The first-order valence-electron chi connectivity index (χ1n) is 6.14. The second-order valence-corrected chi connectivity index (χ2v) is 6.63. The van der Waals surface area contributed by atoms with E-state index in [1.807, 2.05) is 23.8 Å². The SMILES string of the molecule is Cc1cccc(S(=O)(=O)N2CCn3ccnc3C2)c1. The number of hydrogen-bond acceptors (Lipinski definition) is 3. The molecule has 0 aliphatic carbocycles. The average molecular weight is 277 g/mol. The minimum atomic E-state index is -3.43. The van der Waals surface area contributed by atoms with E-state index >= 15 is 0 Å². The molecule has 0 N–H and O–H groups in total. The first kappa shape index (κ1) is 12.4. The molecule has 0 fully saturated rings. The smallest absolute Gasteiger partial charge is 0.243 e. The van der Waals surface area contributed by atoms with Gasteiger partial charge in [-0.25, -0.2) is 13.4 Å². The van der Waals surface area contributed by atoms with Crippen LogP contribution in [0.1, 0.15) is 11.4 Å². The molecule has 6 heteroatoms. The van der Waals surface area contributed by atoms with Crippen molar-refractivity contribution in [3.8, 4) is 0 Å². The number of hydrogen-bond donors (Lipinski definition) is 0. The first-order chi connectivity index (χ1) is 9.07. The lowest BCUT2D eigenvalue weighted by atomic mass is 10.2. The van der Waals surface area contributed by atoms with Crippen LogP contribution in [0.2, 0.25) is 0 Å². The third-order valence-electron chi connectivity index (χ3n) is 3.34. The molecule has 5 nitrogen and oxygen atoms in total. The molecule has 0 amide bonds. The third-order valence-corrected chi connectivity index (χ3v) is 5.18. The van der Waals surface area contributed by atoms with E-state index in [0.29, 0.717) is 24.5 Å². The normalized spacial score (nSPS) is 16.3. The number of benzene rings is 1. The van der Waals surface area contributed by atoms with E-state index in [4.69, 9.17) is 0 Å². The maximum atomic E-state index is 12.6. The molecule has 1 aliphatic rings. The summed E-state index contributed by atoms with van der Waals surface area (Å²) >= 11 is 0. The Balaban J connectivity index is 1.94. The van der Waals surface area contributed by atoms with E-state index in [-0.39, 0.29) is 0 Å². The van der Waals surface area contributed by atoms with Crippen LogP contribution in [0.25, 0.3) is 0 Å². The molecule has 1 aliphatic heterocycles. The Labute approximate surface area is 112 Å². The Hall–Kier alpha value is -1.66. The topological polar surface area (TPSA) is 55.2 Å². The van der Waals surface area contributed by atoms with Crippen LogP contribution < -0.4 is 0 Å². The Morgan fingerprint density at radius 3 is 2.89 bits per heavy atom. The van der Waals surface area contributed by atoms with Crippen molar-refractivity contribution in [2.75, 3.05) is 6.54 Å². The molecule has 3 rings (SSSR count). The lowest BCUT2D eigenvalue weighted by Gasteiger charge is -2.27. The van der Waals surface area contributed by atoms with E-state index in [1.165, 1.54) is 4.31 Å². The van der Waals surface area contributed by atoms with Gasteiger partial charge in [-0.05, 0) is 24.6 Å². The maximum Gasteiger partial charge on any atom is 0.243 e. The molecule has 1 aromatic heterocycles. The summed E-state index contributed by atoms with van der Waals surface area (Å²) in [4.78, 5) is 4.54. The van der Waals surface area contributed by atoms with E-state index in [1.54, 1.807) is 24.4 Å². The molecule has 0 unspecified atom stereocenters. The standard InChI is InChI=1S/C13H15N3O2S/c1-11-3-2-4-12(9-11)19(17,18)16-8-7-15-6-5-14-13(15)10-16/h2-6,9H,7-8,10H2,1H3. The molecule has 100 valence electrons. The minimum absolute atomic E-state index is 0.337. The fourth-order valence-electron chi connectivity index (χ4n) is 2.28. The Bertz CT molecular complexity index is 706. The van der Waals surface area contributed by atoms with Crippen molar-refractivity contribution >= 4 is 10.0 Å². The average Bonchev–Trinajstić information content (AvgIpc) is 2.85. The van der Waals surface area contributed by atoms with Crippen LogP contribution in [0, 0.1) is 6.92 Å². The van der Waals surface area contributed by atoms with Gasteiger partial charge in [-0.1, -0.05) is 12.1 Å². The van der Waals surface area contributed by atoms with Crippen LogP contribution in [0.3, 0.4) is 0 Å². The summed E-state index contributed by atoms with van der Waals surface area (Å²) in [5.74, 6) is 0.794. The van der Waals surface area contributed by atoms with Crippen LogP contribution in [-0.2, 0) is 23.1 Å². The highest BCUT2D eigenvalue weighted by molar-refractivity contribution is 7.89. The van der Waals surface area contributed by atoms with Crippen LogP contribution in [0.4, 0.5) is 0 Å². The zero-order valence-electron chi connectivity index (χ0n) is 10.7. The number of nitrogens with zero attached hydrogens (tertiary/aromatic N) is 3. The molecule has 2 heterocycles. The molecule has 0 spiro atoms. The summed E-state index contributed by atoms with van der Waals surface area (Å²) in [6, 6.07) is 7.01. The number of sulfonamides is 1. The van der Waals surface area contributed by atoms with E-state index in [9.17, 15) is 8.42 Å². The van der Waals surface area contributed by atoms with Gasteiger partial charge in [-0.3, -0.25) is 0 Å². The Kier molecular flexibility index (Phi) is 2.91.